The average molecular weight is 434 g/mol. The maximum atomic E-state index is 12.8. The molecule has 0 aliphatic carbocycles. The number of hydrogen-bond acceptors (Lipinski definition) is 5. The third-order valence-corrected chi connectivity index (χ3v) is 5.52. The summed E-state index contributed by atoms with van der Waals surface area (Å²) in [7, 11) is 3.67. The van der Waals surface area contributed by atoms with E-state index >= 15 is 0 Å². The lowest BCUT2D eigenvalue weighted by atomic mass is 10.2. The van der Waals surface area contributed by atoms with Gasteiger partial charge in [-0.05, 0) is 32.2 Å². The van der Waals surface area contributed by atoms with Crippen LogP contribution < -0.4 is 5.32 Å². The van der Waals surface area contributed by atoms with Gasteiger partial charge < -0.3 is 19.9 Å². The third-order valence-electron chi connectivity index (χ3n) is 5.29. The van der Waals surface area contributed by atoms with Crippen molar-refractivity contribution in [3.63, 3.8) is 0 Å². The van der Waals surface area contributed by atoms with E-state index in [0.717, 1.165) is 24.5 Å². The van der Waals surface area contributed by atoms with Gasteiger partial charge in [0, 0.05) is 44.7 Å². The van der Waals surface area contributed by atoms with Gasteiger partial charge >= 0.3 is 0 Å². The molecule has 1 aliphatic heterocycles. The Morgan fingerprint density at radius 2 is 2.20 bits per heavy atom. The monoisotopic (exact) mass is 433 g/mol. The summed E-state index contributed by atoms with van der Waals surface area (Å²) >= 11 is 6.06. The third kappa shape index (κ3) is 5.38. The molecule has 1 fully saturated rings. The van der Waals surface area contributed by atoms with Crippen LogP contribution in [0.1, 0.15) is 22.5 Å². The molecule has 1 saturated heterocycles. The summed E-state index contributed by atoms with van der Waals surface area (Å²) in [4.78, 5) is 29.0. The number of nitrogens with zero attached hydrogens (tertiary/aromatic N) is 4. The SMILES string of the molecule is COCCN(C)CCN1C[C@H](NC(=O)c2cnn(-c3cccc(Cl)c3)c2C)CC1=O. The highest BCUT2D eigenvalue weighted by Gasteiger charge is 2.31. The van der Waals surface area contributed by atoms with E-state index in [1.807, 2.05) is 26.1 Å². The summed E-state index contributed by atoms with van der Waals surface area (Å²) in [6.45, 7) is 5.23. The van der Waals surface area contributed by atoms with E-state index in [2.05, 4.69) is 15.3 Å². The Kier molecular flexibility index (Phi) is 7.47. The van der Waals surface area contributed by atoms with Crippen LogP contribution in [0.4, 0.5) is 0 Å². The van der Waals surface area contributed by atoms with E-state index < -0.39 is 0 Å². The van der Waals surface area contributed by atoms with Crippen LogP contribution in [0.2, 0.25) is 5.02 Å². The number of amides is 2. The van der Waals surface area contributed by atoms with Crippen molar-refractivity contribution in [1.82, 2.24) is 24.9 Å². The van der Waals surface area contributed by atoms with E-state index in [9.17, 15) is 9.59 Å². The van der Waals surface area contributed by atoms with Gasteiger partial charge in [-0.1, -0.05) is 17.7 Å². The van der Waals surface area contributed by atoms with Gasteiger partial charge in [-0.3, -0.25) is 9.59 Å². The average Bonchev–Trinajstić information content (AvgIpc) is 3.26. The number of nitrogens with one attached hydrogen (secondary N) is 1. The molecule has 1 aromatic carbocycles. The fourth-order valence-corrected chi connectivity index (χ4v) is 3.68. The van der Waals surface area contributed by atoms with Crippen LogP contribution in [0.15, 0.2) is 30.5 Å². The number of carbonyl (C=O) groups excluding carboxylic acids is 2. The van der Waals surface area contributed by atoms with Crippen molar-refractivity contribution >= 4 is 23.4 Å². The zero-order valence-corrected chi connectivity index (χ0v) is 18.4. The smallest absolute Gasteiger partial charge is 0.255 e. The van der Waals surface area contributed by atoms with Gasteiger partial charge in [-0.15, -0.1) is 0 Å². The van der Waals surface area contributed by atoms with E-state index in [-0.39, 0.29) is 17.9 Å². The molecule has 0 radical (unpaired) electrons. The second-order valence-electron chi connectivity index (χ2n) is 7.55. The minimum absolute atomic E-state index is 0.0618. The van der Waals surface area contributed by atoms with Gasteiger partial charge in [-0.2, -0.15) is 5.10 Å². The standard InChI is InChI=1S/C21H28ClN5O3/c1-15-19(13-23-27(15)18-6-4-5-16(22)11-18)21(29)24-17-12-20(28)26(14-17)8-7-25(2)9-10-30-3/h4-6,11,13,17H,7-10,12,14H2,1-3H3,(H,24,29)/t17-/m1/s1. The predicted molar refractivity (Wildman–Crippen MR) is 115 cm³/mol. The molecular formula is C21H28ClN5O3. The Morgan fingerprint density at radius 1 is 1.40 bits per heavy atom. The highest BCUT2D eigenvalue weighted by Crippen LogP contribution is 2.19. The summed E-state index contributed by atoms with van der Waals surface area (Å²) in [5.41, 5.74) is 2.00. The first kappa shape index (κ1) is 22.3. The summed E-state index contributed by atoms with van der Waals surface area (Å²) in [6.07, 6.45) is 1.86. The number of benzene rings is 1. The maximum Gasteiger partial charge on any atom is 0.255 e. The Hall–Kier alpha value is -2.42. The van der Waals surface area contributed by atoms with Crippen LogP contribution in [0.25, 0.3) is 5.69 Å². The van der Waals surface area contributed by atoms with Gasteiger partial charge in [0.2, 0.25) is 5.91 Å². The van der Waals surface area contributed by atoms with Crippen molar-refractivity contribution in [2.45, 2.75) is 19.4 Å². The largest absolute Gasteiger partial charge is 0.383 e. The zero-order chi connectivity index (χ0) is 21.7. The number of likely N-dealkylation sites (N-methyl/N-ethyl adjacent to an activating group) is 1. The lowest BCUT2D eigenvalue weighted by Gasteiger charge is -2.22. The van der Waals surface area contributed by atoms with Crippen LogP contribution in [-0.2, 0) is 9.53 Å². The Bertz CT molecular complexity index is 901. The molecule has 8 nitrogen and oxygen atoms in total. The maximum absolute atomic E-state index is 12.8. The molecule has 2 heterocycles. The molecule has 3 rings (SSSR count). The topological polar surface area (TPSA) is 79.7 Å². The van der Waals surface area contributed by atoms with E-state index in [1.165, 1.54) is 0 Å². The fraction of sp³-hybridized carbons (Fsp3) is 0.476. The van der Waals surface area contributed by atoms with Crippen molar-refractivity contribution in [1.29, 1.82) is 0 Å². The number of hydrogen-bond donors (Lipinski definition) is 1. The van der Waals surface area contributed by atoms with Gasteiger partial charge in [0.05, 0.1) is 35.8 Å². The highest BCUT2D eigenvalue weighted by atomic mass is 35.5. The molecule has 162 valence electrons. The van der Waals surface area contributed by atoms with Crippen LogP contribution in [0.3, 0.4) is 0 Å². The number of halogens is 1. The number of aromatic nitrogens is 2. The van der Waals surface area contributed by atoms with Crippen molar-refractivity contribution in [3.05, 3.63) is 46.7 Å². The number of likely N-dealkylation sites (tertiary alicyclic amines) is 1. The number of methoxy groups -OCH3 is 1. The summed E-state index contributed by atoms with van der Waals surface area (Å²) < 4.78 is 6.75. The molecule has 0 saturated carbocycles. The Labute approximate surface area is 181 Å². The summed E-state index contributed by atoms with van der Waals surface area (Å²) in [6, 6.07) is 7.09. The van der Waals surface area contributed by atoms with Crippen LogP contribution in [-0.4, -0.2) is 84.4 Å². The molecule has 0 spiro atoms. The number of rotatable bonds is 9. The number of ether oxygens (including phenoxy) is 1. The zero-order valence-electron chi connectivity index (χ0n) is 17.6. The van der Waals surface area contributed by atoms with E-state index in [1.54, 1.807) is 35.0 Å². The highest BCUT2D eigenvalue weighted by molar-refractivity contribution is 6.30. The van der Waals surface area contributed by atoms with Crippen LogP contribution >= 0.6 is 11.6 Å². The van der Waals surface area contributed by atoms with Crippen LogP contribution in [0.5, 0.6) is 0 Å². The van der Waals surface area contributed by atoms with Crippen molar-refractivity contribution in [2.75, 3.05) is 46.9 Å². The lowest BCUT2D eigenvalue weighted by molar-refractivity contribution is -0.127. The molecule has 2 aromatic rings. The second-order valence-corrected chi connectivity index (χ2v) is 7.98. The van der Waals surface area contributed by atoms with E-state index in [4.69, 9.17) is 16.3 Å². The molecule has 1 N–H and O–H groups in total. The molecule has 1 aliphatic rings. The van der Waals surface area contributed by atoms with Gasteiger partial charge in [0.1, 0.15) is 0 Å². The van der Waals surface area contributed by atoms with Gasteiger partial charge in [0.25, 0.3) is 5.91 Å². The molecule has 2 amide bonds. The first-order valence-electron chi connectivity index (χ1n) is 9.95. The molecule has 9 heteroatoms. The van der Waals surface area contributed by atoms with Gasteiger partial charge in [0.15, 0.2) is 0 Å². The first-order valence-corrected chi connectivity index (χ1v) is 10.3. The van der Waals surface area contributed by atoms with Crippen molar-refractivity contribution in [2.24, 2.45) is 0 Å². The van der Waals surface area contributed by atoms with Crippen molar-refractivity contribution < 1.29 is 14.3 Å². The van der Waals surface area contributed by atoms with Crippen molar-refractivity contribution in [3.8, 4) is 5.69 Å². The minimum Gasteiger partial charge on any atom is -0.383 e. The second kappa shape index (κ2) is 10.1. The predicted octanol–water partition coefficient (Wildman–Crippen LogP) is 1.74. The quantitative estimate of drug-likeness (QED) is 0.651. The Morgan fingerprint density at radius 3 is 2.93 bits per heavy atom. The first-order chi connectivity index (χ1) is 14.4. The van der Waals surface area contributed by atoms with Crippen LogP contribution in [0, 0.1) is 6.92 Å². The lowest BCUT2D eigenvalue weighted by Crippen LogP contribution is -2.39. The normalized spacial score (nSPS) is 16.5. The molecule has 1 atom stereocenters. The fourth-order valence-electron chi connectivity index (χ4n) is 3.50. The van der Waals surface area contributed by atoms with E-state index in [0.29, 0.717) is 36.7 Å². The summed E-state index contributed by atoms with van der Waals surface area (Å²) in [5, 5.41) is 7.91. The minimum atomic E-state index is -0.224. The molecule has 1 aromatic heterocycles. The Balaban J connectivity index is 1.57. The molecule has 30 heavy (non-hydrogen) atoms. The number of carbonyl (C=O) groups is 2. The molecular weight excluding hydrogens is 406 g/mol. The molecule has 0 bridgehead atoms. The summed E-state index contributed by atoms with van der Waals surface area (Å²) in [5.74, 6) is -0.163. The molecule has 0 unspecified atom stereocenters. The van der Waals surface area contributed by atoms with Gasteiger partial charge in [-0.25, -0.2) is 4.68 Å².